The first-order chi connectivity index (χ1) is 12.7. The second kappa shape index (κ2) is 8.33. The first kappa shape index (κ1) is 17.7. The maximum absolute atomic E-state index is 12.6. The highest BCUT2D eigenvalue weighted by Crippen LogP contribution is 2.23. The Morgan fingerprint density at radius 2 is 1.88 bits per heavy atom. The zero-order chi connectivity index (χ0) is 18.4. The summed E-state index contributed by atoms with van der Waals surface area (Å²) < 4.78 is 5.42. The molecule has 1 aromatic heterocycles. The Hall–Kier alpha value is -3.09. The molecular weight excluding hydrogens is 332 g/mol. The molecule has 1 saturated heterocycles. The molecule has 0 atom stereocenters. The minimum Gasteiger partial charge on any atom is -0.494 e. The van der Waals surface area contributed by atoms with Crippen molar-refractivity contribution in [2.75, 3.05) is 31.1 Å². The van der Waals surface area contributed by atoms with Crippen LogP contribution in [0.2, 0.25) is 0 Å². The summed E-state index contributed by atoms with van der Waals surface area (Å²) in [7, 11) is 0. The number of benzene rings is 1. The Balaban J connectivity index is 1.52. The van der Waals surface area contributed by atoms with E-state index in [1.165, 1.54) is 0 Å². The van der Waals surface area contributed by atoms with E-state index in [0.29, 0.717) is 26.2 Å². The molecule has 0 spiro atoms. The van der Waals surface area contributed by atoms with E-state index in [4.69, 9.17) is 4.74 Å². The second-order valence-corrected chi connectivity index (χ2v) is 5.91. The van der Waals surface area contributed by atoms with Crippen molar-refractivity contribution < 1.29 is 14.3 Å². The van der Waals surface area contributed by atoms with Gasteiger partial charge in [0.25, 0.3) is 0 Å². The number of anilines is 1. The lowest BCUT2D eigenvalue weighted by molar-refractivity contribution is -0.121. The molecule has 136 valence electrons. The fraction of sp³-hybridized carbons (Fsp3) is 0.316. The summed E-state index contributed by atoms with van der Waals surface area (Å²) in [5.41, 5.74) is 1.77. The molecule has 7 heteroatoms. The van der Waals surface area contributed by atoms with Crippen LogP contribution in [-0.4, -0.2) is 48.1 Å². The molecule has 2 heterocycles. The number of ether oxygens (including phenoxy) is 1. The van der Waals surface area contributed by atoms with Gasteiger partial charge < -0.3 is 15.0 Å². The Labute approximate surface area is 152 Å². The van der Waals surface area contributed by atoms with Crippen molar-refractivity contribution >= 4 is 17.6 Å². The molecule has 26 heavy (non-hydrogen) atoms. The van der Waals surface area contributed by atoms with Gasteiger partial charge in [0.15, 0.2) is 0 Å². The smallest absolute Gasteiger partial charge is 0.325 e. The van der Waals surface area contributed by atoms with Gasteiger partial charge in [-0.3, -0.25) is 14.7 Å². The van der Waals surface area contributed by atoms with Gasteiger partial charge in [-0.1, -0.05) is 0 Å². The van der Waals surface area contributed by atoms with Gasteiger partial charge in [0.2, 0.25) is 5.91 Å². The number of urea groups is 1. The third-order valence-electron chi connectivity index (χ3n) is 4.13. The van der Waals surface area contributed by atoms with E-state index in [1.54, 1.807) is 22.2 Å². The lowest BCUT2D eigenvalue weighted by Gasteiger charge is -2.18. The fourth-order valence-electron chi connectivity index (χ4n) is 2.79. The minimum absolute atomic E-state index is 0.0530. The van der Waals surface area contributed by atoms with Gasteiger partial charge in [0.05, 0.1) is 6.61 Å². The molecule has 0 bridgehead atoms. The highest BCUT2D eigenvalue weighted by Gasteiger charge is 2.30. The summed E-state index contributed by atoms with van der Waals surface area (Å²) in [5.74, 6) is 0.596. The van der Waals surface area contributed by atoms with Crippen LogP contribution in [0.15, 0.2) is 48.8 Å². The lowest BCUT2D eigenvalue weighted by atomic mass is 10.3. The summed E-state index contributed by atoms with van der Waals surface area (Å²) in [6.45, 7) is 4.09. The van der Waals surface area contributed by atoms with Crippen LogP contribution in [0, 0.1) is 0 Å². The maximum atomic E-state index is 12.6. The van der Waals surface area contributed by atoms with E-state index in [0.717, 1.165) is 17.0 Å². The molecular formula is C19H22N4O3. The van der Waals surface area contributed by atoms with E-state index in [9.17, 15) is 9.59 Å². The van der Waals surface area contributed by atoms with E-state index in [2.05, 4.69) is 10.3 Å². The zero-order valence-corrected chi connectivity index (χ0v) is 14.7. The monoisotopic (exact) mass is 354 g/mol. The normalized spacial score (nSPS) is 13.8. The van der Waals surface area contributed by atoms with Gasteiger partial charge in [0.1, 0.15) is 12.3 Å². The standard InChI is InChI=1S/C19H22N4O3/c1-2-26-17-5-3-16(4-6-17)23-12-11-22(19(23)25)14-18(24)21-13-15-7-9-20-10-8-15/h3-10H,2,11-14H2,1H3,(H,21,24). The molecule has 3 amide bonds. The number of pyridine rings is 1. The van der Waals surface area contributed by atoms with Gasteiger partial charge >= 0.3 is 6.03 Å². The number of amides is 3. The van der Waals surface area contributed by atoms with Gasteiger partial charge in [-0.2, -0.15) is 0 Å². The van der Waals surface area contributed by atoms with Gasteiger partial charge in [-0.05, 0) is 48.9 Å². The minimum atomic E-state index is -0.177. The molecule has 2 aromatic rings. The summed E-state index contributed by atoms with van der Waals surface area (Å²) in [6.07, 6.45) is 3.36. The quantitative estimate of drug-likeness (QED) is 0.826. The predicted molar refractivity (Wildman–Crippen MR) is 98.0 cm³/mol. The SMILES string of the molecule is CCOc1ccc(N2CCN(CC(=O)NCc3ccncc3)C2=O)cc1. The number of hydrogen-bond acceptors (Lipinski definition) is 4. The van der Waals surface area contributed by atoms with E-state index in [-0.39, 0.29) is 18.5 Å². The molecule has 7 nitrogen and oxygen atoms in total. The molecule has 1 aliphatic rings. The van der Waals surface area contributed by atoms with Crippen LogP contribution in [0.5, 0.6) is 5.75 Å². The van der Waals surface area contributed by atoms with Crippen molar-refractivity contribution in [3.63, 3.8) is 0 Å². The Morgan fingerprint density at radius 3 is 2.58 bits per heavy atom. The Morgan fingerprint density at radius 1 is 1.15 bits per heavy atom. The second-order valence-electron chi connectivity index (χ2n) is 5.91. The third kappa shape index (κ3) is 4.30. The zero-order valence-electron chi connectivity index (χ0n) is 14.7. The number of nitrogens with one attached hydrogen (secondary N) is 1. The maximum Gasteiger partial charge on any atom is 0.325 e. The van der Waals surface area contributed by atoms with Crippen molar-refractivity contribution in [3.05, 3.63) is 54.4 Å². The van der Waals surface area contributed by atoms with Gasteiger partial charge in [-0.25, -0.2) is 4.79 Å². The van der Waals surface area contributed by atoms with Crippen LogP contribution < -0.4 is 15.0 Å². The van der Waals surface area contributed by atoms with E-state index < -0.39 is 0 Å². The van der Waals surface area contributed by atoms with Crippen LogP contribution in [0.1, 0.15) is 12.5 Å². The number of carbonyl (C=O) groups is 2. The number of hydrogen-bond donors (Lipinski definition) is 1. The van der Waals surface area contributed by atoms with Crippen molar-refractivity contribution in [2.45, 2.75) is 13.5 Å². The Bertz CT molecular complexity index is 749. The van der Waals surface area contributed by atoms with E-state index in [1.807, 2.05) is 43.3 Å². The number of aromatic nitrogens is 1. The summed E-state index contributed by atoms with van der Waals surface area (Å²) in [5, 5.41) is 2.83. The molecule has 1 aliphatic heterocycles. The number of carbonyl (C=O) groups excluding carboxylic acids is 2. The topological polar surface area (TPSA) is 74.8 Å². The van der Waals surface area contributed by atoms with Gasteiger partial charge in [-0.15, -0.1) is 0 Å². The first-order valence-electron chi connectivity index (χ1n) is 8.62. The summed E-state index contributed by atoms with van der Waals surface area (Å²) in [6, 6.07) is 10.9. The third-order valence-corrected chi connectivity index (χ3v) is 4.13. The molecule has 0 unspecified atom stereocenters. The highest BCUT2D eigenvalue weighted by atomic mass is 16.5. The van der Waals surface area contributed by atoms with Crippen molar-refractivity contribution in [2.24, 2.45) is 0 Å². The van der Waals surface area contributed by atoms with Crippen molar-refractivity contribution in [1.82, 2.24) is 15.2 Å². The fourth-order valence-corrected chi connectivity index (χ4v) is 2.79. The van der Waals surface area contributed by atoms with Crippen LogP contribution in [-0.2, 0) is 11.3 Å². The van der Waals surface area contributed by atoms with Crippen molar-refractivity contribution in [3.8, 4) is 5.75 Å². The number of rotatable bonds is 7. The summed E-state index contributed by atoms with van der Waals surface area (Å²) in [4.78, 5) is 31.8. The molecule has 1 aromatic carbocycles. The van der Waals surface area contributed by atoms with Gasteiger partial charge in [0, 0.05) is 37.7 Å². The molecule has 1 fully saturated rings. The Kier molecular flexibility index (Phi) is 5.68. The average molecular weight is 354 g/mol. The largest absolute Gasteiger partial charge is 0.494 e. The summed E-state index contributed by atoms with van der Waals surface area (Å²) >= 11 is 0. The van der Waals surface area contributed by atoms with E-state index >= 15 is 0 Å². The molecule has 0 saturated carbocycles. The average Bonchev–Trinajstić information content (AvgIpc) is 3.02. The predicted octanol–water partition coefficient (Wildman–Crippen LogP) is 2.04. The van der Waals surface area contributed by atoms with Crippen LogP contribution in [0.3, 0.4) is 0 Å². The first-order valence-corrected chi connectivity index (χ1v) is 8.62. The number of nitrogens with zero attached hydrogens (tertiary/aromatic N) is 3. The van der Waals surface area contributed by atoms with Crippen LogP contribution in [0.25, 0.3) is 0 Å². The molecule has 0 radical (unpaired) electrons. The highest BCUT2D eigenvalue weighted by molar-refractivity contribution is 5.96. The molecule has 1 N–H and O–H groups in total. The molecule has 3 rings (SSSR count). The molecule has 0 aliphatic carbocycles. The van der Waals surface area contributed by atoms with Crippen LogP contribution in [0.4, 0.5) is 10.5 Å². The van der Waals surface area contributed by atoms with Crippen molar-refractivity contribution in [1.29, 1.82) is 0 Å². The van der Waals surface area contributed by atoms with Crippen LogP contribution >= 0.6 is 0 Å². The lowest BCUT2D eigenvalue weighted by Crippen LogP contribution is -2.39.